The lowest BCUT2D eigenvalue weighted by atomic mass is 10.1. The number of nitrogens with two attached hydrogens (primary N) is 1. The largest absolute Gasteiger partial charge is 0.495 e. The summed E-state index contributed by atoms with van der Waals surface area (Å²) in [6, 6.07) is 9.94. The van der Waals surface area contributed by atoms with Crippen molar-refractivity contribution in [3.05, 3.63) is 53.9 Å². The van der Waals surface area contributed by atoms with Crippen LogP contribution in [0.4, 0.5) is 5.69 Å². The smallest absolute Gasteiger partial charge is 0.141 e. The quantitative estimate of drug-likeness (QED) is 0.614. The first-order valence-corrected chi connectivity index (χ1v) is 6.31. The standard InChI is InChI=1S/C15H19N3O/c1-19-15-3-2-12(10-14(15)16)4-9-18-11-13-5-7-17-8-6-13/h2-3,5-8,10,18H,4,9,11,16H2,1H3. The Hall–Kier alpha value is -2.07. The molecule has 2 aromatic rings. The molecule has 0 saturated carbocycles. The van der Waals surface area contributed by atoms with Crippen molar-refractivity contribution in [1.82, 2.24) is 10.3 Å². The second kappa shape index (κ2) is 6.75. The molecule has 0 unspecified atom stereocenters. The molecule has 0 atom stereocenters. The molecule has 1 aromatic heterocycles. The topological polar surface area (TPSA) is 60.2 Å². The van der Waals surface area contributed by atoms with Crippen LogP contribution in [0.1, 0.15) is 11.1 Å². The maximum atomic E-state index is 5.87. The number of nitrogens with one attached hydrogen (secondary N) is 1. The fraction of sp³-hybridized carbons (Fsp3) is 0.267. The van der Waals surface area contributed by atoms with Gasteiger partial charge in [0.15, 0.2) is 0 Å². The summed E-state index contributed by atoms with van der Waals surface area (Å²) in [6.45, 7) is 1.77. The van der Waals surface area contributed by atoms with Gasteiger partial charge < -0.3 is 15.8 Å². The van der Waals surface area contributed by atoms with Crippen LogP contribution in [0.3, 0.4) is 0 Å². The molecule has 0 aliphatic heterocycles. The third-order valence-corrected chi connectivity index (χ3v) is 2.96. The van der Waals surface area contributed by atoms with Crippen LogP contribution in [0.25, 0.3) is 0 Å². The number of aromatic nitrogens is 1. The molecule has 0 spiro atoms. The van der Waals surface area contributed by atoms with Crippen LogP contribution in [-0.4, -0.2) is 18.6 Å². The summed E-state index contributed by atoms with van der Waals surface area (Å²) in [6.07, 6.45) is 4.56. The monoisotopic (exact) mass is 257 g/mol. The van der Waals surface area contributed by atoms with E-state index < -0.39 is 0 Å². The van der Waals surface area contributed by atoms with E-state index in [4.69, 9.17) is 10.5 Å². The Morgan fingerprint density at radius 2 is 1.95 bits per heavy atom. The number of nitrogens with zero attached hydrogens (tertiary/aromatic N) is 1. The van der Waals surface area contributed by atoms with Crippen molar-refractivity contribution >= 4 is 5.69 Å². The molecule has 0 aliphatic carbocycles. The Balaban J connectivity index is 1.78. The molecule has 2 rings (SSSR count). The lowest BCUT2D eigenvalue weighted by Gasteiger charge is -2.08. The Labute approximate surface area is 113 Å². The van der Waals surface area contributed by atoms with Crippen molar-refractivity contribution in [3.8, 4) is 5.75 Å². The lowest BCUT2D eigenvalue weighted by Crippen LogP contribution is -2.16. The van der Waals surface area contributed by atoms with Crippen molar-refractivity contribution in [2.45, 2.75) is 13.0 Å². The molecular formula is C15H19N3O. The first kappa shape index (κ1) is 13.4. The van der Waals surface area contributed by atoms with Gasteiger partial charge in [-0.1, -0.05) is 6.07 Å². The molecular weight excluding hydrogens is 238 g/mol. The summed E-state index contributed by atoms with van der Waals surface area (Å²) in [5.41, 5.74) is 9.01. The van der Waals surface area contributed by atoms with Gasteiger partial charge in [0.05, 0.1) is 12.8 Å². The number of anilines is 1. The molecule has 19 heavy (non-hydrogen) atoms. The third-order valence-electron chi connectivity index (χ3n) is 2.96. The fourth-order valence-electron chi connectivity index (χ4n) is 1.91. The molecule has 0 amide bonds. The van der Waals surface area contributed by atoms with Crippen LogP contribution < -0.4 is 15.8 Å². The Kier molecular flexibility index (Phi) is 4.75. The fourth-order valence-corrected chi connectivity index (χ4v) is 1.91. The van der Waals surface area contributed by atoms with Crippen LogP contribution in [0.15, 0.2) is 42.7 Å². The molecule has 1 aromatic carbocycles. The van der Waals surface area contributed by atoms with Gasteiger partial charge in [0.2, 0.25) is 0 Å². The molecule has 100 valence electrons. The average Bonchev–Trinajstić information content (AvgIpc) is 2.45. The van der Waals surface area contributed by atoms with E-state index in [-0.39, 0.29) is 0 Å². The maximum Gasteiger partial charge on any atom is 0.141 e. The number of benzene rings is 1. The van der Waals surface area contributed by atoms with E-state index in [2.05, 4.69) is 10.3 Å². The Bertz CT molecular complexity index is 514. The van der Waals surface area contributed by atoms with Gasteiger partial charge >= 0.3 is 0 Å². The van der Waals surface area contributed by atoms with Gasteiger partial charge in [0.1, 0.15) is 5.75 Å². The number of hydrogen-bond donors (Lipinski definition) is 2. The lowest BCUT2D eigenvalue weighted by molar-refractivity contribution is 0.417. The normalized spacial score (nSPS) is 10.4. The molecule has 4 nitrogen and oxygen atoms in total. The zero-order valence-corrected chi connectivity index (χ0v) is 11.1. The molecule has 1 heterocycles. The van der Waals surface area contributed by atoms with Gasteiger partial charge in [-0.2, -0.15) is 0 Å². The van der Waals surface area contributed by atoms with Crippen molar-refractivity contribution in [3.63, 3.8) is 0 Å². The summed E-state index contributed by atoms with van der Waals surface area (Å²) < 4.78 is 5.14. The summed E-state index contributed by atoms with van der Waals surface area (Å²) in [5.74, 6) is 0.730. The van der Waals surface area contributed by atoms with E-state index in [1.165, 1.54) is 11.1 Å². The Morgan fingerprint density at radius 1 is 1.16 bits per heavy atom. The minimum atomic E-state index is 0.689. The van der Waals surface area contributed by atoms with Gasteiger partial charge in [-0.3, -0.25) is 4.98 Å². The molecule has 3 N–H and O–H groups in total. The third kappa shape index (κ3) is 3.96. The summed E-state index contributed by atoms with van der Waals surface area (Å²) in [4.78, 5) is 3.99. The van der Waals surface area contributed by atoms with Crippen LogP contribution in [0, 0.1) is 0 Å². The second-order valence-electron chi connectivity index (χ2n) is 4.36. The maximum absolute atomic E-state index is 5.87. The van der Waals surface area contributed by atoms with E-state index >= 15 is 0 Å². The van der Waals surface area contributed by atoms with Crippen molar-refractivity contribution < 1.29 is 4.74 Å². The highest BCUT2D eigenvalue weighted by molar-refractivity contribution is 5.54. The number of hydrogen-bond acceptors (Lipinski definition) is 4. The molecule has 0 radical (unpaired) electrons. The molecule has 0 bridgehead atoms. The average molecular weight is 257 g/mol. The van der Waals surface area contributed by atoms with Gasteiger partial charge in [-0.25, -0.2) is 0 Å². The van der Waals surface area contributed by atoms with Crippen molar-refractivity contribution in [1.29, 1.82) is 0 Å². The van der Waals surface area contributed by atoms with Crippen LogP contribution in [0.2, 0.25) is 0 Å². The van der Waals surface area contributed by atoms with Gasteiger partial charge in [0.25, 0.3) is 0 Å². The number of nitrogen functional groups attached to an aromatic ring is 1. The predicted octanol–water partition coefficient (Wildman–Crippen LogP) is 2.00. The van der Waals surface area contributed by atoms with Crippen molar-refractivity contribution in [2.75, 3.05) is 19.4 Å². The van der Waals surface area contributed by atoms with Crippen molar-refractivity contribution in [2.24, 2.45) is 0 Å². The highest BCUT2D eigenvalue weighted by Crippen LogP contribution is 2.21. The van der Waals surface area contributed by atoms with Gasteiger partial charge in [-0.15, -0.1) is 0 Å². The van der Waals surface area contributed by atoms with Crippen LogP contribution >= 0.6 is 0 Å². The van der Waals surface area contributed by atoms with E-state index in [1.807, 2.05) is 30.3 Å². The summed E-state index contributed by atoms with van der Waals surface area (Å²) >= 11 is 0. The second-order valence-corrected chi connectivity index (χ2v) is 4.36. The first-order chi connectivity index (χ1) is 9.29. The predicted molar refractivity (Wildman–Crippen MR) is 77.1 cm³/mol. The van der Waals surface area contributed by atoms with E-state index in [0.29, 0.717) is 5.69 Å². The van der Waals surface area contributed by atoms with E-state index in [1.54, 1.807) is 19.5 Å². The summed E-state index contributed by atoms with van der Waals surface area (Å²) in [7, 11) is 1.63. The highest BCUT2D eigenvalue weighted by atomic mass is 16.5. The molecule has 4 heteroatoms. The SMILES string of the molecule is COc1ccc(CCNCc2ccncc2)cc1N. The van der Waals surface area contributed by atoms with Crippen LogP contribution in [-0.2, 0) is 13.0 Å². The number of ether oxygens (including phenoxy) is 1. The van der Waals surface area contributed by atoms with E-state index in [0.717, 1.165) is 25.3 Å². The zero-order chi connectivity index (χ0) is 13.5. The number of rotatable bonds is 6. The molecule has 0 aliphatic rings. The number of methoxy groups -OCH3 is 1. The molecule has 0 saturated heterocycles. The van der Waals surface area contributed by atoms with Gasteiger partial charge in [0, 0.05) is 18.9 Å². The van der Waals surface area contributed by atoms with Crippen LogP contribution in [0.5, 0.6) is 5.75 Å². The Morgan fingerprint density at radius 3 is 2.63 bits per heavy atom. The van der Waals surface area contributed by atoms with E-state index in [9.17, 15) is 0 Å². The molecule has 0 fully saturated rings. The van der Waals surface area contributed by atoms with Gasteiger partial charge in [-0.05, 0) is 48.4 Å². The minimum Gasteiger partial charge on any atom is -0.495 e. The highest BCUT2D eigenvalue weighted by Gasteiger charge is 2.00. The number of pyridine rings is 1. The zero-order valence-electron chi connectivity index (χ0n) is 11.1. The first-order valence-electron chi connectivity index (χ1n) is 6.31. The summed E-state index contributed by atoms with van der Waals surface area (Å²) in [5, 5.41) is 3.40. The minimum absolute atomic E-state index is 0.689.